The highest BCUT2D eigenvalue weighted by molar-refractivity contribution is 6.03. The zero-order chi connectivity index (χ0) is 26.0. The number of nitrogens with two attached hydrogens (primary N) is 1. The van der Waals surface area contributed by atoms with Crippen LogP contribution >= 0.6 is 0 Å². The van der Waals surface area contributed by atoms with Gasteiger partial charge in [-0.1, -0.05) is 6.07 Å². The summed E-state index contributed by atoms with van der Waals surface area (Å²) in [6, 6.07) is 4.71. The maximum atomic E-state index is 14.8. The fourth-order valence-electron chi connectivity index (χ4n) is 5.96. The molecular weight excluding hydrogens is 487 g/mol. The van der Waals surface area contributed by atoms with Crippen molar-refractivity contribution in [2.45, 2.75) is 43.2 Å². The fourth-order valence-corrected chi connectivity index (χ4v) is 5.96. The summed E-state index contributed by atoms with van der Waals surface area (Å²) in [6.45, 7) is 0. The van der Waals surface area contributed by atoms with E-state index in [0.717, 1.165) is 6.07 Å². The van der Waals surface area contributed by atoms with Gasteiger partial charge in [0.15, 0.2) is 5.43 Å². The predicted molar refractivity (Wildman–Crippen MR) is 118 cm³/mol. The van der Waals surface area contributed by atoms with Crippen LogP contribution in [0.3, 0.4) is 0 Å². The lowest BCUT2D eigenvalue weighted by molar-refractivity contribution is -0.141. The highest BCUT2D eigenvalue weighted by atomic mass is 19.4. The minimum atomic E-state index is -4.71. The van der Waals surface area contributed by atoms with E-state index in [1.165, 1.54) is 31.5 Å². The molecule has 0 saturated heterocycles. The second-order valence-electron chi connectivity index (χ2n) is 9.27. The van der Waals surface area contributed by atoms with Gasteiger partial charge in [-0.05, 0) is 30.9 Å². The Bertz CT molecular complexity index is 1420. The summed E-state index contributed by atoms with van der Waals surface area (Å²) in [5.41, 5.74) is 4.24. The number of ether oxygens (including phenoxy) is 1. The molecule has 36 heavy (non-hydrogen) atoms. The lowest BCUT2D eigenvalue weighted by Crippen LogP contribution is -2.23. The van der Waals surface area contributed by atoms with Gasteiger partial charge in [0.25, 0.3) is 11.8 Å². The number of aromatic amines is 1. The minimum Gasteiger partial charge on any atom is -0.481 e. The number of carbonyl (C=O) groups is 1. The molecule has 3 heterocycles. The number of primary amides is 1. The summed E-state index contributed by atoms with van der Waals surface area (Å²) >= 11 is 0. The molecule has 2 aliphatic carbocycles. The first-order valence-electron chi connectivity index (χ1n) is 11.2. The molecule has 0 aliphatic heterocycles. The van der Waals surface area contributed by atoms with Crippen LogP contribution in [0.15, 0.2) is 35.3 Å². The number of methoxy groups -OCH3 is 1. The van der Waals surface area contributed by atoms with Gasteiger partial charge in [0.05, 0.1) is 18.0 Å². The van der Waals surface area contributed by atoms with E-state index < -0.39 is 52.8 Å². The number of nitrogens with one attached hydrogen (secondary N) is 1. The average Bonchev–Trinajstić information content (AvgIpc) is 3.34. The van der Waals surface area contributed by atoms with E-state index in [4.69, 9.17) is 10.5 Å². The number of halogens is 5. The molecule has 190 valence electrons. The zero-order valence-corrected chi connectivity index (χ0v) is 18.9. The largest absolute Gasteiger partial charge is 0.481 e. The molecule has 0 bridgehead atoms. The Kier molecular flexibility index (Phi) is 5.53. The number of H-pyrrole nitrogens is 1. The Balaban J connectivity index is 1.67. The van der Waals surface area contributed by atoms with Crippen LogP contribution in [0.4, 0.5) is 22.0 Å². The number of alkyl halides is 5. The number of rotatable bonds is 4. The van der Waals surface area contributed by atoms with Crippen molar-refractivity contribution in [2.75, 3.05) is 7.11 Å². The Morgan fingerprint density at radius 2 is 2.00 bits per heavy atom. The number of carbonyl (C=O) groups excluding carboxylic acids is 1. The maximum absolute atomic E-state index is 14.8. The third-order valence-corrected chi connectivity index (χ3v) is 7.40. The molecule has 2 fully saturated rings. The molecule has 7 nitrogen and oxygen atoms in total. The zero-order valence-electron chi connectivity index (χ0n) is 18.9. The van der Waals surface area contributed by atoms with E-state index in [2.05, 4.69) is 15.0 Å². The van der Waals surface area contributed by atoms with Crippen molar-refractivity contribution < 1.29 is 31.5 Å². The molecule has 5 rings (SSSR count). The molecular formula is C24H21F5N4O3. The maximum Gasteiger partial charge on any atom is 0.433 e. The van der Waals surface area contributed by atoms with E-state index >= 15 is 0 Å². The van der Waals surface area contributed by atoms with Crippen LogP contribution < -0.4 is 15.9 Å². The number of amides is 1. The summed E-state index contributed by atoms with van der Waals surface area (Å²) in [6.07, 6.45) is -3.58. The Morgan fingerprint density at radius 3 is 2.67 bits per heavy atom. The molecule has 3 aromatic rings. The van der Waals surface area contributed by atoms with Gasteiger partial charge in [0.1, 0.15) is 11.4 Å². The van der Waals surface area contributed by atoms with E-state index in [-0.39, 0.29) is 47.3 Å². The van der Waals surface area contributed by atoms with Crippen LogP contribution in [0.1, 0.15) is 58.5 Å². The Labute approximate surface area is 200 Å². The molecule has 0 spiro atoms. The van der Waals surface area contributed by atoms with Gasteiger partial charge in [0, 0.05) is 47.7 Å². The number of hydrogen-bond acceptors (Lipinski definition) is 5. The second kappa shape index (κ2) is 8.24. The van der Waals surface area contributed by atoms with Crippen molar-refractivity contribution in [1.82, 2.24) is 15.0 Å². The SMILES string of the molecule is COc1nc(C(F)(F)F)ccc1C1C(c2cc(=O)c3c(C(N)=O)nccc3[nH]2)CC2C1CCC2(F)F. The molecule has 0 aromatic carbocycles. The third kappa shape index (κ3) is 3.79. The lowest BCUT2D eigenvalue weighted by Gasteiger charge is -2.26. The van der Waals surface area contributed by atoms with Crippen molar-refractivity contribution in [3.8, 4) is 5.88 Å². The monoisotopic (exact) mass is 508 g/mol. The van der Waals surface area contributed by atoms with E-state index in [0.29, 0.717) is 5.69 Å². The van der Waals surface area contributed by atoms with Crippen LogP contribution in [0, 0.1) is 11.8 Å². The van der Waals surface area contributed by atoms with E-state index in [1.54, 1.807) is 0 Å². The predicted octanol–water partition coefficient (Wildman–Crippen LogP) is 4.38. The quantitative estimate of drug-likeness (QED) is 0.509. The number of aromatic nitrogens is 3. The van der Waals surface area contributed by atoms with Gasteiger partial charge in [0.2, 0.25) is 5.88 Å². The van der Waals surface area contributed by atoms with Crippen molar-refractivity contribution in [2.24, 2.45) is 17.6 Å². The van der Waals surface area contributed by atoms with Crippen LogP contribution in [0.5, 0.6) is 5.88 Å². The molecule has 4 atom stereocenters. The van der Waals surface area contributed by atoms with Crippen molar-refractivity contribution in [3.05, 3.63) is 63.3 Å². The highest BCUT2D eigenvalue weighted by Crippen LogP contribution is 2.63. The fraction of sp³-hybridized carbons (Fsp3) is 0.417. The van der Waals surface area contributed by atoms with Gasteiger partial charge >= 0.3 is 6.18 Å². The van der Waals surface area contributed by atoms with Crippen LogP contribution in [-0.2, 0) is 6.18 Å². The summed E-state index contributed by atoms with van der Waals surface area (Å²) in [5.74, 6) is -7.08. The van der Waals surface area contributed by atoms with Gasteiger partial charge in [-0.25, -0.2) is 13.8 Å². The molecule has 4 unspecified atom stereocenters. The van der Waals surface area contributed by atoms with Crippen molar-refractivity contribution in [3.63, 3.8) is 0 Å². The molecule has 2 aliphatic rings. The standard InChI is InChI=1S/C24H21F5N4O3/c1-36-22-11(2-3-17(33-22)24(27,28)29)18-10-4-6-23(25,26)13(10)8-12(18)15-9-16(34)19-14(32-15)5-7-31-20(19)21(30)35/h2-3,5,7,9-10,12-13,18H,4,6,8H2,1H3,(H2,30,35)(H,32,34). The number of fused-ring (bicyclic) bond motifs is 2. The summed E-state index contributed by atoms with van der Waals surface area (Å²) in [4.78, 5) is 35.3. The summed E-state index contributed by atoms with van der Waals surface area (Å²) in [7, 11) is 1.17. The van der Waals surface area contributed by atoms with Crippen LogP contribution in [0.2, 0.25) is 0 Å². The topological polar surface area (TPSA) is 111 Å². The van der Waals surface area contributed by atoms with E-state index in [9.17, 15) is 31.5 Å². The van der Waals surface area contributed by atoms with Gasteiger partial charge < -0.3 is 15.5 Å². The van der Waals surface area contributed by atoms with Crippen molar-refractivity contribution >= 4 is 16.8 Å². The molecule has 2 saturated carbocycles. The first-order valence-corrected chi connectivity index (χ1v) is 11.2. The molecule has 3 aromatic heterocycles. The Morgan fingerprint density at radius 1 is 1.25 bits per heavy atom. The number of hydrogen-bond donors (Lipinski definition) is 2. The highest BCUT2D eigenvalue weighted by Gasteiger charge is 2.59. The minimum absolute atomic E-state index is 0.00170. The lowest BCUT2D eigenvalue weighted by atomic mass is 9.80. The van der Waals surface area contributed by atoms with Crippen LogP contribution in [-0.4, -0.2) is 33.9 Å². The average molecular weight is 508 g/mol. The first-order chi connectivity index (χ1) is 16.9. The van der Waals surface area contributed by atoms with Gasteiger partial charge in [-0.2, -0.15) is 13.2 Å². The summed E-state index contributed by atoms with van der Waals surface area (Å²) in [5, 5.41) is -0.0254. The molecule has 3 N–H and O–H groups in total. The third-order valence-electron chi connectivity index (χ3n) is 7.40. The smallest absolute Gasteiger partial charge is 0.433 e. The first kappa shape index (κ1) is 24.1. The number of nitrogens with zero attached hydrogens (tertiary/aromatic N) is 2. The summed E-state index contributed by atoms with van der Waals surface area (Å²) < 4.78 is 74.6. The van der Waals surface area contributed by atoms with Crippen LogP contribution in [0.25, 0.3) is 10.9 Å². The van der Waals surface area contributed by atoms with Crippen molar-refractivity contribution in [1.29, 1.82) is 0 Å². The molecule has 0 radical (unpaired) electrons. The Hall–Kier alpha value is -3.57. The molecule has 1 amide bonds. The number of pyridine rings is 3. The second-order valence-corrected chi connectivity index (χ2v) is 9.27. The van der Waals surface area contributed by atoms with Gasteiger partial charge in [-0.15, -0.1) is 0 Å². The molecule has 12 heteroatoms. The van der Waals surface area contributed by atoms with Gasteiger partial charge in [-0.3, -0.25) is 14.6 Å². The normalized spacial score (nSPS) is 25.2. The van der Waals surface area contributed by atoms with E-state index in [1.807, 2.05) is 0 Å².